The van der Waals surface area contributed by atoms with Crippen molar-refractivity contribution in [2.45, 2.75) is 0 Å². The Hall–Kier alpha value is 1.50. The molecule has 0 aliphatic heterocycles. The second-order valence-corrected chi connectivity index (χ2v) is 2.30. The van der Waals surface area contributed by atoms with Gasteiger partial charge in [0.05, 0.1) is 0 Å². The maximum Gasteiger partial charge on any atom is 2.00 e. The Balaban J connectivity index is -0.0000000192. The quantitative estimate of drug-likeness (QED) is 0.195. The Kier molecular flexibility index (Phi) is 47.8. The van der Waals surface area contributed by atoms with E-state index in [1.807, 2.05) is 0 Å². The van der Waals surface area contributed by atoms with Crippen molar-refractivity contribution < 1.29 is 72.7 Å². The van der Waals surface area contributed by atoms with Crippen molar-refractivity contribution in [2.24, 2.45) is 0 Å². The third-order valence-electron chi connectivity index (χ3n) is 0. The van der Waals surface area contributed by atoms with Crippen LogP contribution in [0.5, 0.6) is 0 Å². The van der Waals surface area contributed by atoms with Crippen LogP contribution < -0.4 is 0 Å². The molecule has 114 valence electrons. The van der Waals surface area contributed by atoms with Crippen LogP contribution >= 0.6 is 35.4 Å². The normalized spacial score (nSPS) is 8.47. The molecule has 0 aromatic heterocycles. The molecule has 0 aromatic rings. The summed E-state index contributed by atoms with van der Waals surface area (Å²) in [4.78, 5) is 0. The fourth-order valence-electron chi connectivity index (χ4n) is 0. The topological polar surface area (TPSA) is 0 Å². The third-order valence-corrected chi connectivity index (χ3v) is 0. The van der Waals surface area contributed by atoms with E-state index in [0.29, 0.717) is 0 Å². The standard InChI is InChI=1S/4F3P.Ru.2H/c4*1-4(2)3;;;/q;;;;+2;2*-1. The summed E-state index contributed by atoms with van der Waals surface area (Å²) in [6.07, 6.45) is 0. The van der Waals surface area contributed by atoms with Gasteiger partial charge in [-0.25, -0.2) is 0 Å². The van der Waals surface area contributed by atoms with Crippen molar-refractivity contribution in [1.29, 1.82) is 0 Å². The van der Waals surface area contributed by atoms with Crippen molar-refractivity contribution in [3.05, 3.63) is 0 Å². The molecule has 0 bridgehead atoms. The van der Waals surface area contributed by atoms with Crippen LogP contribution in [0.2, 0.25) is 0 Å². The van der Waals surface area contributed by atoms with E-state index in [2.05, 4.69) is 0 Å². The van der Waals surface area contributed by atoms with Crippen LogP contribution in [0, 0.1) is 0 Å². The Morgan fingerprint density at radius 3 is 0.353 bits per heavy atom. The number of hydrogen-bond donors (Lipinski definition) is 0. The van der Waals surface area contributed by atoms with Gasteiger partial charge in [-0.2, -0.15) is 50.4 Å². The molecule has 0 rings (SSSR count). The molecule has 0 saturated carbocycles. The molecule has 0 aliphatic rings. The van der Waals surface area contributed by atoms with Gasteiger partial charge < -0.3 is 2.85 Å². The molecule has 0 heterocycles. The zero-order valence-electron chi connectivity index (χ0n) is 8.68. The molecule has 0 nitrogen and oxygen atoms in total. The summed E-state index contributed by atoms with van der Waals surface area (Å²) in [7, 11) is -16.5. The molecule has 0 atom stereocenters. The minimum Gasteiger partial charge on any atom is -1.00 e. The second-order valence-electron chi connectivity index (χ2n) is 0.767. The van der Waals surface area contributed by atoms with E-state index in [1.54, 1.807) is 0 Å². The van der Waals surface area contributed by atoms with Gasteiger partial charge in [-0.15, -0.1) is 0 Å². The van der Waals surface area contributed by atoms with Crippen LogP contribution in [0.1, 0.15) is 2.85 Å². The smallest absolute Gasteiger partial charge is 1.00 e. The van der Waals surface area contributed by atoms with Crippen LogP contribution in [0.25, 0.3) is 0 Å². The predicted molar refractivity (Wildman–Crippen MR) is 43.2 cm³/mol. The zero-order valence-corrected chi connectivity index (χ0v) is 12.0. The van der Waals surface area contributed by atoms with E-state index >= 15 is 0 Å². The van der Waals surface area contributed by atoms with Gasteiger partial charge in [-0.1, -0.05) is 0 Å². The van der Waals surface area contributed by atoms with E-state index in [0.717, 1.165) is 0 Å². The van der Waals surface area contributed by atoms with Crippen LogP contribution in [0.4, 0.5) is 50.4 Å². The van der Waals surface area contributed by atoms with Crippen LogP contribution in [0.3, 0.4) is 0 Å². The monoisotopic (exact) mass is 456 g/mol. The van der Waals surface area contributed by atoms with E-state index in [1.165, 1.54) is 0 Å². The molecule has 0 aliphatic carbocycles. The van der Waals surface area contributed by atoms with Gasteiger partial charge in [-0.3, -0.25) is 0 Å². The molecule has 0 amide bonds. The molecule has 0 fully saturated rings. The molecule has 0 radical (unpaired) electrons. The summed E-state index contributed by atoms with van der Waals surface area (Å²) < 4.78 is 117. The van der Waals surface area contributed by atoms with E-state index < -0.39 is 35.4 Å². The minimum atomic E-state index is -4.12. The summed E-state index contributed by atoms with van der Waals surface area (Å²) in [5, 5.41) is 0. The fourth-order valence-corrected chi connectivity index (χ4v) is 0. The van der Waals surface area contributed by atoms with Gasteiger partial charge in [0.2, 0.25) is 0 Å². The summed E-state index contributed by atoms with van der Waals surface area (Å²) in [5.41, 5.74) is 0. The van der Waals surface area contributed by atoms with Gasteiger partial charge in [-0.05, 0) is 0 Å². The summed E-state index contributed by atoms with van der Waals surface area (Å²) in [6, 6.07) is 0. The number of rotatable bonds is 0. The third kappa shape index (κ3) is 1860. The van der Waals surface area contributed by atoms with Crippen molar-refractivity contribution >= 4 is 35.4 Å². The Morgan fingerprint density at radius 2 is 0.353 bits per heavy atom. The van der Waals surface area contributed by atoms with Crippen molar-refractivity contribution in [3.8, 4) is 0 Å². The van der Waals surface area contributed by atoms with Crippen molar-refractivity contribution in [3.63, 3.8) is 0 Å². The van der Waals surface area contributed by atoms with E-state index in [9.17, 15) is 50.4 Å². The molecular weight excluding hydrogens is 453 g/mol. The summed E-state index contributed by atoms with van der Waals surface area (Å²) in [5.74, 6) is 0. The van der Waals surface area contributed by atoms with Gasteiger partial charge >= 0.3 is 54.9 Å². The van der Waals surface area contributed by atoms with Gasteiger partial charge in [0, 0.05) is 0 Å². The fraction of sp³-hybridized carbons (Fsp3) is 0. The summed E-state index contributed by atoms with van der Waals surface area (Å²) in [6.45, 7) is 0. The molecule has 0 spiro atoms. The number of halogens is 12. The molecule has 17 heavy (non-hydrogen) atoms. The molecular formula is H2F12P4Ru. The van der Waals surface area contributed by atoms with E-state index in [-0.39, 0.29) is 22.3 Å². The van der Waals surface area contributed by atoms with Gasteiger partial charge in [0.1, 0.15) is 0 Å². The molecule has 0 saturated heterocycles. The van der Waals surface area contributed by atoms with Gasteiger partial charge in [0.15, 0.2) is 0 Å². The Morgan fingerprint density at radius 1 is 0.353 bits per heavy atom. The minimum absolute atomic E-state index is 0. The first-order valence-electron chi connectivity index (χ1n) is 2.03. The number of hydrogen-bond acceptors (Lipinski definition) is 0. The molecule has 0 unspecified atom stereocenters. The Labute approximate surface area is 109 Å². The van der Waals surface area contributed by atoms with Crippen LogP contribution in [-0.2, 0) is 19.5 Å². The van der Waals surface area contributed by atoms with Crippen molar-refractivity contribution in [1.82, 2.24) is 0 Å². The van der Waals surface area contributed by atoms with Crippen LogP contribution in [0.15, 0.2) is 0 Å². The first-order valence-corrected chi connectivity index (χ1v) is 6.09. The predicted octanol–water partition coefficient (Wildman–Crippen LogP) is 8.71. The largest absolute Gasteiger partial charge is 2.00 e. The maximum atomic E-state index is 9.73. The zero-order chi connectivity index (χ0) is 14.3. The Bertz CT molecular complexity index is 70.7. The first-order chi connectivity index (χ1) is 6.93. The second kappa shape index (κ2) is 26.1. The molecule has 17 heteroatoms. The maximum absolute atomic E-state index is 9.73. The van der Waals surface area contributed by atoms with E-state index in [4.69, 9.17) is 0 Å². The first kappa shape index (κ1) is 31.1. The molecule has 0 N–H and O–H groups in total. The average molecular weight is 455 g/mol. The van der Waals surface area contributed by atoms with Crippen molar-refractivity contribution in [2.75, 3.05) is 0 Å². The average Bonchev–Trinajstić information content (AvgIpc) is 1.76. The SMILES string of the molecule is FP(F)F.FP(F)F.FP(F)F.FP(F)F.[H-].[H-].[Ru+2]. The molecule has 0 aromatic carbocycles. The van der Waals surface area contributed by atoms with Gasteiger partial charge in [0.25, 0.3) is 0 Å². The summed E-state index contributed by atoms with van der Waals surface area (Å²) >= 11 is 0. The van der Waals surface area contributed by atoms with Crippen LogP contribution in [-0.4, -0.2) is 0 Å².